The molecule has 14 heteroatoms. The normalized spacial score (nSPS) is 16.9. The molecule has 5 aromatic carbocycles. The Morgan fingerprint density at radius 2 is 1.20 bits per heavy atom. The zero-order valence-electron chi connectivity index (χ0n) is 35.8. The van der Waals surface area contributed by atoms with Gasteiger partial charge in [0.05, 0.1) is 48.7 Å². The lowest BCUT2D eigenvalue weighted by atomic mass is 9.82. The van der Waals surface area contributed by atoms with Crippen molar-refractivity contribution in [3.63, 3.8) is 0 Å². The van der Waals surface area contributed by atoms with Crippen LogP contribution in [0, 0.1) is 15.5 Å². The maximum atomic E-state index is 15.6. The molecule has 10 rings (SSSR count). The van der Waals surface area contributed by atoms with Gasteiger partial charge in [0, 0.05) is 47.0 Å². The Morgan fingerprint density at radius 3 is 1.77 bits per heavy atom. The fourth-order valence-electron chi connectivity index (χ4n) is 10.1. The highest BCUT2D eigenvalue weighted by molar-refractivity contribution is 7.71. The van der Waals surface area contributed by atoms with Crippen LogP contribution < -0.4 is 31.4 Å². The van der Waals surface area contributed by atoms with Gasteiger partial charge in [0.1, 0.15) is 12.3 Å². The fourth-order valence-corrected chi connectivity index (χ4v) is 10.8. The van der Waals surface area contributed by atoms with Crippen molar-refractivity contribution in [2.75, 3.05) is 20.2 Å². The first kappa shape index (κ1) is 42.6. The number of hydrogen-bond acceptors (Lipinski definition) is 8. The molecule has 5 heterocycles. The molecule has 0 aliphatic carbocycles. The summed E-state index contributed by atoms with van der Waals surface area (Å²) in [5.41, 5.74) is 1.83. The summed E-state index contributed by atoms with van der Waals surface area (Å²) >= 11 is 12.1. The summed E-state index contributed by atoms with van der Waals surface area (Å²) in [5.74, 6) is -1.75. The number of aromatic nitrogens is 5. The standard InChI is InChI=1S/C52H44N6O6S2/c1-64-42-26-25-34(28-36(42)32-53-29-33-27-35(31-53)41-23-14-24-43(59)54(41)30-33)44(45-47(60)55(37-15-6-2-7-16-37)51(65)56(48(45)61)38-17-8-3-9-18-38)46-49(62)57(39-19-10-4-11-20-39)52(66)58(50(46)63)40-21-12-5-13-22-40/h2-26,28,33,35,44,60,62H,27,29-32H2,1H3. The lowest BCUT2D eigenvalue weighted by Gasteiger charge is -2.40. The Morgan fingerprint density at radius 1 is 0.667 bits per heavy atom. The summed E-state index contributed by atoms with van der Waals surface area (Å²) in [7, 11) is 1.59. The number of piperidine rings is 1. The molecule has 4 atom stereocenters. The Labute approximate surface area is 389 Å². The summed E-state index contributed by atoms with van der Waals surface area (Å²) in [6.07, 6.45) is 0.986. The number of methoxy groups -OCH3 is 1. The Kier molecular flexibility index (Phi) is 11.3. The maximum Gasteiger partial charge on any atom is 0.266 e. The first-order valence-electron chi connectivity index (χ1n) is 21.7. The van der Waals surface area contributed by atoms with Gasteiger partial charge in [-0.3, -0.25) is 28.1 Å². The average molecular weight is 913 g/mol. The number of para-hydroxylation sites is 4. The molecule has 12 nitrogen and oxygen atoms in total. The number of ether oxygens (including phenoxy) is 1. The van der Waals surface area contributed by atoms with Crippen LogP contribution in [0.25, 0.3) is 22.7 Å². The summed E-state index contributed by atoms with van der Waals surface area (Å²) in [5, 5.41) is 28.3. The molecule has 66 heavy (non-hydrogen) atoms. The van der Waals surface area contributed by atoms with Gasteiger partial charge in [-0.25, -0.2) is 0 Å². The van der Waals surface area contributed by atoms with Gasteiger partial charge in [-0.2, -0.15) is 0 Å². The van der Waals surface area contributed by atoms with Crippen LogP contribution in [0.3, 0.4) is 0 Å². The summed E-state index contributed by atoms with van der Waals surface area (Å²) in [4.78, 5) is 45.3. The van der Waals surface area contributed by atoms with Crippen molar-refractivity contribution in [1.82, 2.24) is 22.8 Å². The van der Waals surface area contributed by atoms with Crippen molar-refractivity contribution in [2.24, 2.45) is 5.92 Å². The van der Waals surface area contributed by atoms with E-state index in [9.17, 15) is 9.90 Å². The number of pyridine rings is 1. The topological polar surface area (TPSA) is 133 Å². The number of benzene rings is 5. The van der Waals surface area contributed by atoms with Gasteiger partial charge < -0.3 is 29.0 Å². The Bertz CT molecular complexity index is 3280. The van der Waals surface area contributed by atoms with E-state index < -0.39 is 28.8 Å². The quantitative estimate of drug-likeness (QED) is 0.152. The number of hydrogen-bond donors (Lipinski definition) is 2. The molecule has 2 N–H and O–H groups in total. The third-order valence-electron chi connectivity index (χ3n) is 12.9. The molecule has 2 aliphatic rings. The highest BCUT2D eigenvalue weighted by atomic mass is 32.1. The van der Waals surface area contributed by atoms with Gasteiger partial charge in [-0.1, -0.05) is 84.9 Å². The third kappa shape index (κ3) is 7.42. The van der Waals surface area contributed by atoms with Crippen LogP contribution in [0.2, 0.25) is 0 Å². The summed E-state index contributed by atoms with van der Waals surface area (Å²) in [6, 6.07) is 46.2. The van der Waals surface area contributed by atoms with Crippen LogP contribution in [0.1, 0.15) is 46.2 Å². The molecule has 0 spiro atoms. The van der Waals surface area contributed by atoms with Gasteiger partial charge in [-0.15, -0.1) is 0 Å². The van der Waals surface area contributed by atoms with Gasteiger partial charge >= 0.3 is 0 Å². The van der Waals surface area contributed by atoms with Crippen molar-refractivity contribution >= 4 is 24.4 Å². The van der Waals surface area contributed by atoms with Crippen molar-refractivity contribution in [3.8, 4) is 40.3 Å². The molecule has 4 unspecified atom stereocenters. The van der Waals surface area contributed by atoms with Crippen LogP contribution >= 0.6 is 24.4 Å². The van der Waals surface area contributed by atoms with Crippen LogP contribution in [0.15, 0.2) is 172 Å². The SMILES string of the molecule is COc1ccc(C(c2c([O-])n(-c3ccccc3)c(=S)n(-c3ccccc3)c2=O)c2c(O)n(-c3ccccc3)c(=S)n(-c3ccccc3)c2=O)cc1C[NH+]1CC2CC(C1)c1cccc(=O)n1C2. The van der Waals surface area contributed by atoms with Crippen molar-refractivity contribution < 1.29 is 19.8 Å². The zero-order valence-corrected chi connectivity index (χ0v) is 37.5. The lowest BCUT2D eigenvalue weighted by Crippen LogP contribution is -3.13. The Balaban J connectivity index is 1.26. The van der Waals surface area contributed by atoms with Crippen LogP contribution in [-0.2, 0) is 13.1 Å². The fraction of sp³-hybridized carbons (Fsp3) is 0.173. The zero-order chi connectivity index (χ0) is 45.6. The van der Waals surface area contributed by atoms with Gasteiger partial charge in [0.25, 0.3) is 16.7 Å². The second-order valence-corrected chi connectivity index (χ2v) is 17.6. The van der Waals surface area contributed by atoms with Crippen LogP contribution in [0.4, 0.5) is 0 Å². The van der Waals surface area contributed by atoms with Crippen molar-refractivity contribution in [3.05, 3.63) is 226 Å². The molecule has 8 aromatic rings. The molecule has 3 aromatic heterocycles. The molecule has 2 bridgehead atoms. The number of aromatic hydroxyl groups is 1. The van der Waals surface area contributed by atoms with E-state index in [-0.39, 0.29) is 38.1 Å². The molecule has 330 valence electrons. The van der Waals surface area contributed by atoms with E-state index in [1.54, 1.807) is 122 Å². The van der Waals surface area contributed by atoms with Gasteiger partial charge in [0.15, 0.2) is 9.54 Å². The van der Waals surface area contributed by atoms with E-state index in [1.807, 2.05) is 47.0 Å². The monoisotopic (exact) mass is 912 g/mol. The second kappa shape index (κ2) is 17.5. The van der Waals surface area contributed by atoms with E-state index >= 15 is 14.7 Å². The number of nitrogens with one attached hydrogen (secondary N) is 1. The van der Waals surface area contributed by atoms with Crippen LogP contribution in [-0.4, -0.2) is 48.1 Å². The van der Waals surface area contributed by atoms with E-state index in [0.717, 1.165) is 30.8 Å². The van der Waals surface area contributed by atoms with E-state index in [1.165, 1.54) is 23.2 Å². The molecule has 0 radical (unpaired) electrons. The minimum absolute atomic E-state index is 0.0139. The highest BCUT2D eigenvalue weighted by Crippen LogP contribution is 2.40. The second-order valence-electron chi connectivity index (χ2n) is 16.9. The van der Waals surface area contributed by atoms with E-state index in [0.29, 0.717) is 47.2 Å². The molecule has 1 fully saturated rings. The highest BCUT2D eigenvalue weighted by Gasteiger charge is 2.38. The number of rotatable bonds is 10. The van der Waals surface area contributed by atoms with Gasteiger partial charge in [-0.05, 0) is 109 Å². The minimum Gasteiger partial charge on any atom is -0.859 e. The van der Waals surface area contributed by atoms with Gasteiger partial charge in [0.2, 0.25) is 5.88 Å². The molecule has 2 aliphatic heterocycles. The number of nitrogens with zero attached hydrogens (tertiary/aromatic N) is 5. The molecule has 1 saturated heterocycles. The summed E-state index contributed by atoms with van der Waals surface area (Å²) < 4.78 is 13.1. The number of fused-ring (bicyclic) bond motifs is 4. The first-order chi connectivity index (χ1) is 32.1. The lowest BCUT2D eigenvalue weighted by molar-refractivity contribution is -0.924. The van der Waals surface area contributed by atoms with E-state index in [2.05, 4.69) is 0 Å². The molecule has 0 amide bonds. The smallest absolute Gasteiger partial charge is 0.266 e. The predicted molar refractivity (Wildman–Crippen MR) is 255 cm³/mol. The largest absolute Gasteiger partial charge is 0.859 e. The minimum atomic E-state index is -1.49. The molecule has 0 saturated carbocycles. The van der Waals surface area contributed by atoms with Crippen molar-refractivity contribution in [2.45, 2.75) is 31.3 Å². The summed E-state index contributed by atoms with van der Waals surface area (Å²) in [6.45, 7) is 2.71. The third-order valence-corrected chi connectivity index (χ3v) is 13.6. The average Bonchev–Trinajstić information content (AvgIpc) is 3.33. The predicted octanol–water partition coefficient (Wildman–Crippen LogP) is 6.36. The Hall–Kier alpha value is -7.39. The van der Waals surface area contributed by atoms with Crippen LogP contribution in [0.5, 0.6) is 17.5 Å². The first-order valence-corrected chi connectivity index (χ1v) is 22.6. The maximum absolute atomic E-state index is 15.6. The molecular weight excluding hydrogens is 869 g/mol. The van der Waals surface area contributed by atoms with E-state index in [4.69, 9.17) is 29.2 Å². The number of likely N-dealkylation sites (tertiary alicyclic amines) is 1. The molecular formula is C52H44N6O6S2. The van der Waals surface area contributed by atoms with Crippen molar-refractivity contribution in [1.29, 1.82) is 0 Å². The number of quaternary nitrogens is 1.